The van der Waals surface area contributed by atoms with Crippen molar-refractivity contribution in [3.8, 4) is 5.75 Å². The number of hydrogen-bond donors (Lipinski definition) is 1. The van der Waals surface area contributed by atoms with E-state index in [1.165, 1.54) is 17.6 Å². The summed E-state index contributed by atoms with van der Waals surface area (Å²) in [6.07, 6.45) is 0. The quantitative estimate of drug-likeness (QED) is 0.446. The van der Waals surface area contributed by atoms with Crippen LogP contribution in [0.25, 0.3) is 5.57 Å². The molecule has 0 unspecified atom stereocenters. The topological polar surface area (TPSA) is 58.6 Å². The molecular formula is C30H32N2O3. The second-order valence-corrected chi connectivity index (χ2v) is 10.1. The third kappa shape index (κ3) is 4.59. The molecule has 5 nitrogen and oxygen atoms in total. The van der Waals surface area contributed by atoms with Gasteiger partial charge in [-0.25, -0.2) is 4.90 Å². The summed E-state index contributed by atoms with van der Waals surface area (Å²) < 4.78 is 5.50. The number of anilines is 2. The summed E-state index contributed by atoms with van der Waals surface area (Å²) in [5.74, 6) is -0.324. The number of carbonyl (C=O) groups excluding carboxylic acids is 2. The Bertz CT molecular complexity index is 1350. The maximum atomic E-state index is 13.8. The minimum atomic E-state index is -0.410. The lowest BCUT2D eigenvalue weighted by Crippen LogP contribution is -2.32. The molecule has 3 aromatic carbocycles. The molecule has 2 amide bonds. The molecule has 35 heavy (non-hydrogen) atoms. The summed E-state index contributed by atoms with van der Waals surface area (Å²) in [6.45, 7) is 12.4. The monoisotopic (exact) mass is 468 g/mol. The zero-order valence-corrected chi connectivity index (χ0v) is 21.4. The summed E-state index contributed by atoms with van der Waals surface area (Å²) >= 11 is 0. The summed E-state index contributed by atoms with van der Waals surface area (Å²) in [5, 5.41) is 3.26. The normalized spacial score (nSPS) is 14.1. The van der Waals surface area contributed by atoms with Gasteiger partial charge in [0.1, 0.15) is 11.4 Å². The second-order valence-electron chi connectivity index (χ2n) is 10.1. The predicted molar refractivity (Wildman–Crippen MR) is 142 cm³/mol. The summed E-state index contributed by atoms with van der Waals surface area (Å²) in [5.41, 5.74) is 6.78. The Balaban J connectivity index is 1.84. The van der Waals surface area contributed by atoms with Gasteiger partial charge >= 0.3 is 0 Å². The first-order valence-corrected chi connectivity index (χ1v) is 11.7. The van der Waals surface area contributed by atoms with Gasteiger partial charge in [0.15, 0.2) is 0 Å². The molecule has 0 aliphatic carbocycles. The first-order chi connectivity index (χ1) is 16.5. The molecule has 5 heteroatoms. The Hall–Kier alpha value is -3.86. The van der Waals surface area contributed by atoms with Crippen LogP contribution in [-0.2, 0) is 15.0 Å². The zero-order valence-electron chi connectivity index (χ0n) is 21.4. The largest absolute Gasteiger partial charge is 0.495 e. The highest BCUT2D eigenvalue weighted by Crippen LogP contribution is 2.39. The number of amides is 2. The van der Waals surface area contributed by atoms with Crippen LogP contribution in [0.4, 0.5) is 11.4 Å². The minimum absolute atomic E-state index is 0.0139. The van der Waals surface area contributed by atoms with Crippen LogP contribution in [0.15, 0.2) is 66.4 Å². The van der Waals surface area contributed by atoms with E-state index in [1.807, 2.05) is 69.3 Å². The average Bonchev–Trinajstić information content (AvgIpc) is 3.04. The van der Waals surface area contributed by atoms with Crippen LogP contribution in [-0.4, -0.2) is 18.9 Å². The summed E-state index contributed by atoms with van der Waals surface area (Å²) in [7, 11) is 1.53. The van der Waals surface area contributed by atoms with Gasteiger partial charge in [-0.2, -0.15) is 0 Å². The molecule has 0 saturated carbocycles. The Labute approximate surface area is 207 Å². The van der Waals surface area contributed by atoms with Crippen LogP contribution in [0.5, 0.6) is 5.75 Å². The second kappa shape index (κ2) is 9.06. The van der Waals surface area contributed by atoms with Crippen LogP contribution in [0.1, 0.15) is 48.6 Å². The van der Waals surface area contributed by atoms with Crippen LogP contribution < -0.4 is 15.0 Å². The third-order valence-corrected chi connectivity index (χ3v) is 6.48. The molecule has 1 aliphatic rings. The van der Waals surface area contributed by atoms with Crippen molar-refractivity contribution in [2.24, 2.45) is 0 Å². The lowest BCUT2D eigenvalue weighted by atomic mass is 9.87. The van der Waals surface area contributed by atoms with E-state index in [1.54, 1.807) is 12.1 Å². The van der Waals surface area contributed by atoms with E-state index in [2.05, 4.69) is 26.1 Å². The Kier molecular flexibility index (Phi) is 6.28. The van der Waals surface area contributed by atoms with Crippen molar-refractivity contribution in [3.63, 3.8) is 0 Å². The van der Waals surface area contributed by atoms with Crippen molar-refractivity contribution < 1.29 is 14.3 Å². The van der Waals surface area contributed by atoms with Crippen LogP contribution in [0, 0.1) is 20.8 Å². The fraction of sp³-hybridized carbons (Fsp3) is 0.267. The van der Waals surface area contributed by atoms with Crippen LogP contribution >= 0.6 is 0 Å². The molecular weight excluding hydrogens is 436 g/mol. The van der Waals surface area contributed by atoms with E-state index in [0.29, 0.717) is 22.6 Å². The Morgan fingerprint density at radius 1 is 0.800 bits per heavy atom. The number of hydrogen-bond acceptors (Lipinski definition) is 4. The predicted octanol–water partition coefficient (Wildman–Crippen LogP) is 6.31. The average molecular weight is 469 g/mol. The number of benzene rings is 3. The first-order valence-electron chi connectivity index (χ1n) is 11.7. The molecule has 0 aromatic heterocycles. The molecule has 0 fully saturated rings. The van der Waals surface area contributed by atoms with Gasteiger partial charge in [-0.15, -0.1) is 0 Å². The van der Waals surface area contributed by atoms with E-state index in [-0.39, 0.29) is 17.0 Å². The van der Waals surface area contributed by atoms with Crippen molar-refractivity contribution in [3.05, 3.63) is 94.2 Å². The third-order valence-electron chi connectivity index (χ3n) is 6.48. The fourth-order valence-corrected chi connectivity index (χ4v) is 4.20. The first kappa shape index (κ1) is 24.3. The number of nitrogens with one attached hydrogen (secondary N) is 1. The van der Waals surface area contributed by atoms with Gasteiger partial charge in [-0.3, -0.25) is 9.59 Å². The van der Waals surface area contributed by atoms with Crippen molar-refractivity contribution in [2.45, 2.75) is 47.0 Å². The highest BCUT2D eigenvalue weighted by Gasteiger charge is 2.41. The van der Waals surface area contributed by atoms with Crippen LogP contribution in [0.3, 0.4) is 0 Å². The smallest absolute Gasteiger partial charge is 0.282 e. The van der Waals surface area contributed by atoms with E-state index >= 15 is 0 Å². The SMILES string of the molecule is COc1ccc(C)cc1N1C(=O)C(Nc2ccc(C(C)(C)C)cc2)=C(c2ccc(C)c(C)c2)C1=O. The molecule has 1 N–H and O–H groups in total. The Morgan fingerprint density at radius 3 is 2.09 bits per heavy atom. The molecule has 3 aromatic rings. The molecule has 0 spiro atoms. The van der Waals surface area contributed by atoms with E-state index in [4.69, 9.17) is 4.74 Å². The lowest BCUT2D eigenvalue weighted by Gasteiger charge is -2.20. The van der Waals surface area contributed by atoms with Gasteiger partial charge in [-0.1, -0.05) is 57.2 Å². The molecule has 1 aliphatic heterocycles. The highest BCUT2D eigenvalue weighted by atomic mass is 16.5. The standard InChI is InChI=1S/C30H32N2O3/c1-18-8-15-25(35-7)24(16-18)32-28(33)26(21-10-9-19(2)20(3)17-21)27(29(32)34)31-23-13-11-22(12-14-23)30(4,5)6/h8-17,31H,1-7H3. The van der Waals surface area contributed by atoms with Gasteiger partial charge in [0.25, 0.3) is 11.8 Å². The van der Waals surface area contributed by atoms with E-state index in [9.17, 15) is 9.59 Å². The number of rotatable bonds is 5. The molecule has 0 atom stereocenters. The van der Waals surface area contributed by atoms with Gasteiger partial charge in [0.05, 0.1) is 18.4 Å². The lowest BCUT2D eigenvalue weighted by molar-refractivity contribution is -0.120. The zero-order chi connectivity index (χ0) is 25.5. The number of imide groups is 1. The number of aryl methyl sites for hydroxylation is 3. The van der Waals surface area contributed by atoms with Crippen molar-refractivity contribution in [2.75, 3.05) is 17.3 Å². The molecule has 1 heterocycles. The van der Waals surface area contributed by atoms with Crippen molar-refractivity contribution in [1.82, 2.24) is 0 Å². The van der Waals surface area contributed by atoms with Crippen LogP contribution in [0.2, 0.25) is 0 Å². The summed E-state index contributed by atoms with van der Waals surface area (Å²) in [6, 6.07) is 19.3. The van der Waals surface area contributed by atoms with Gasteiger partial charge in [-0.05, 0) is 78.3 Å². The molecule has 4 rings (SSSR count). The number of methoxy groups -OCH3 is 1. The maximum Gasteiger partial charge on any atom is 0.282 e. The molecule has 0 saturated heterocycles. The maximum absolute atomic E-state index is 13.8. The van der Waals surface area contributed by atoms with Crippen molar-refractivity contribution in [1.29, 1.82) is 0 Å². The van der Waals surface area contributed by atoms with Gasteiger partial charge in [0, 0.05) is 5.69 Å². The van der Waals surface area contributed by atoms with Gasteiger partial charge in [0.2, 0.25) is 0 Å². The number of carbonyl (C=O) groups is 2. The molecule has 180 valence electrons. The highest BCUT2D eigenvalue weighted by molar-refractivity contribution is 6.46. The fourth-order valence-electron chi connectivity index (χ4n) is 4.20. The van der Waals surface area contributed by atoms with Crippen molar-refractivity contribution >= 4 is 28.8 Å². The van der Waals surface area contributed by atoms with E-state index in [0.717, 1.165) is 22.4 Å². The van der Waals surface area contributed by atoms with E-state index < -0.39 is 5.91 Å². The van der Waals surface area contributed by atoms with Gasteiger partial charge < -0.3 is 10.1 Å². The molecule has 0 radical (unpaired) electrons. The molecule has 0 bridgehead atoms. The Morgan fingerprint density at radius 2 is 1.49 bits per heavy atom. The number of ether oxygens (including phenoxy) is 1. The minimum Gasteiger partial charge on any atom is -0.495 e. The number of nitrogens with zero attached hydrogens (tertiary/aromatic N) is 1. The summed E-state index contributed by atoms with van der Waals surface area (Å²) in [4.78, 5) is 28.8.